The molecule has 0 fully saturated rings. The summed E-state index contributed by atoms with van der Waals surface area (Å²) in [6.07, 6.45) is 0.416. The molecule has 0 bridgehead atoms. The number of carbonyl (C=O) groups is 1. The molecule has 1 heterocycles. The molecular weight excluding hydrogens is 266 g/mol. The maximum Gasteiger partial charge on any atom is 0.306 e. The molecule has 1 aromatic rings. The van der Waals surface area contributed by atoms with Crippen molar-refractivity contribution in [1.82, 2.24) is 5.32 Å². The maximum absolute atomic E-state index is 10.8. The van der Waals surface area contributed by atoms with E-state index in [9.17, 15) is 4.79 Å². The summed E-state index contributed by atoms with van der Waals surface area (Å²) in [5.74, 6) is -0.178. The van der Waals surface area contributed by atoms with Crippen molar-refractivity contribution in [2.75, 3.05) is 13.7 Å². The van der Waals surface area contributed by atoms with Gasteiger partial charge < -0.3 is 10.1 Å². The number of methoxy groups -OCH3 is 1. The van der Waals surface area contributed by atoms with Crippen molar-refractivity contribution >= 4 is 33.2 Å². The van der Waals surface area contributed by atoms with Gasteiger partial charge in [-0.3, -0.25) is 4.79 Å². The van der Waals surface area contributed by atoms with Crippen LogP contribution in [-0.4, -0.2) is 19.6 Å². The molecule has 78 valence electrons. The number of ether oxygens (including phenoxy) is 1. The molecule has 1 N–H and O–H groups in total. The molecule has 0 atom stereocenters. The molecule has 5 heteroatoms. The Bertz CT molecular complexity index is 301. The van der Waals surface area contributed by atoms with Gasteiger partial charge in [-0.05, 0) is 27.4 Å². The minimum atomic E-state index is -0.178. The van der Waals surface area contributed by atoms with E-state index < -0.39 is 0 Å². The standard InChI is InChI=1S/C9H12BrNO2S/c1-13-9(12)2-4-11-6-8-7(10)3-5-14-8/h3,5,11H,2,4,6H2,1H3. The maximum atomic E-state index is 10.8. The second kappa shape index (κ2) is 6.16. The summed E-state index contributed by atoms with van der Waals surface area (Å²) in [6, 6.07) is 2.02. The van der Waals surface area contributed by atoms with Crippen LogP contribution in [0, 0.1) is 0 Å². The van der Waals surface area contributed by atoms with Crippen molar-refractivity contribution in [3.63, 3.8) is 0 Å². The van der Waals surface area contributed by atoms with Crippen molar-refractivity contribution in [2.45, 2.75) is 13.0 Å². The predicted octanol–water partition coefficient (Wildman–Crippen LogP) is 2.16. The number of nitrogens with one attached hydrogen (secondary N) is 1. The minimum Gasteiger partial charge on any atom is -0.469 e. The Kier molecular flexibility index (Phi) is 5.14. The molecule has 14 heavy (non-hydrogen) atoms. The summed E-state index contributed by atoms with van der Waals surface area (Å²) in [4.78, 5) is 12.0. The van der Waals surface area contributed by atoms with Crippen molar-refractivity contribution in [3.8, 4) is 0 Å². The van der Waals surface area contributed by atoms with Gasteiger partial charge in [0, 0.05) is 22.4 Å². The molecule has 0 aliphatic carbocycles. The molecule has 0 amide bonds. The molecule has 0 aromatic carbocycles. The first-order valence-electron chi connectivity index (χ1n) is 4.23. The van der Waals surface area contributed by atoms with E-state index in [0.29, 0.717) is 13.0 Å². The molecule has 0 unspecified atom stereocenters. The van der Waals surface area contributed by atoms with Crippen molar-refractivity contribution in [2.24, 2.45) is 0 Å². The molecule has 0 aliphatic rings. The Morgan fingerprint density at radius 2 is 2.50 bits per heavy atom. The molecule has 0 saturated heterocycles. The predicted molar refractivity (Wildman–Crippen MR) is 60.4 cm³/mol. The summed E-state index contributed by atoms with van der Waals surface area (Å²) in [5.41, 5.74) is 0. The molecule has 0 aliphatic heterocycles. The van der Waals surface area contributed by atoms with Crippen LogP contribution >= 0.6 is 27.3 Å². The summed E-state index contributed by atoms with van der Waals surface area (Å²) in [6.45, 7) is 1.44. The molecule has 1 aromatic heterocycles. The SMILES string of the molecule is COC(=O)CCNCc1sccc1Br. The van der Waals surface area contributed by atoms with Crippen molar-refractivity contribution in [1.29, 1.82) is 0 Å². The number of esters is 1. The van der Waals surface area contributed by atoms with E-state index in [0.717, 1.165) is 11.0 Å². The number of hydrogen-bond acceptors (Lipinski definition) is 4. The third kappa shape index (κ3) is 3.77. The second-order valence-electron chi connectivity index (χ2n) is 2.69. The Morgan fingerprint density at radius 1 is 1.71 bits per heavy atom. The summed E-state index contributed by atoms with van der Waals surface area (Å²) >= 11 is 5.13. The van der Waals surface area contributed by atoms with Crippen molar-refractivity contribution in [3.05, 3.63) is 20.8 Å². The van der Waals surface area contributed by atoms with E-state index in [-0.39, 0.29) is 5.97 Å². The molecule has 0 saturated carbocycles. The average molecular weight is 278 g/mol. The van der Waals surface area contributed by atoms with Crippen LogP contribution < -0.4 is 5.32 Å². The molecular formula is C9H12BrNO2S. The number of rotatable bonds is 5. The molecule has 0 spiro atoms. The third-order valence-electron chi connectivity index (χ3n) is 1.71. The van der Waals surface area contributed by atoms with E-state index in [4.69, 9.17) is 0 Å². The highest BCUT2D eigenvalue weighted by Gasteiger charge is 2.02. The smallest absolute Gasteiger partial charge is 0.306 e. The first kappa shape index (κ1) is 11.7. The number of halogens is 1. The quantitative estimate of drug-likeness (QED) is 0.662. The van der Waals surface area contributed by atoms with Crippen LogP contribution in [0.4, 0.5) is 0 Å². The number of thiophene rings is 1. The second-order valence-corrected chi connectivity index (χ2v) is 4.55. The zero-order valence-corrected chi connectivity index (χ0v) is 10.3. The largest absolute Gasteiger partial charge is 0.469 e. The van der Waals surface area contributed by atoms with E-state index in [2.05, 4.69) is 26.0 Å². The lowest BCUT2D eigenvalue weighted by Crippen LogP contribution is -2.18. The van der Waals surface area contributed by atoms with Gasteiger partial charge >= 0.3 is 5.97 Å². The van der Waals surface area contributed by atoms with Gasteiger partial charge in [0.25, 0.3) is 0 Å². The zero-order valence-electron chi connectivity index (χ0n) is 7.88. The van der Waals surface area contributed by atoms with E-state index in [1.54, 1.807) is 11.3 Å². The van der Waals surface area contributed by atoms with Crippen LogP contribution in [0.5, 0.6) is 0 Å². The van der Waals surface area contributed by atoms with Crippen LogP contribution in [0.25, 0.3) is 0 Å². The van der Waals surface area contributed by atoms with Crippen LogP contribution in [0.1, 0.15) is 11.3 Å². The first-order chi connectivity index (χ1) is 6.74. The van der Waals surface area contributed by atoms with Crippen molar-refractivity contribution < 1.29 is 9.53 Å². The number of hydrogen-bond donors (Lipinski definition) is 1. The van der Waals surface area contributed by atoms with Gasteiger partial charge in [0.15, 0.2) is 0 Å². The van der Waals surface area contributed by atoms with Gasteiger partial charge in [0.05, 0.1) is 13.5 Å². The third-order valence-corrected chi connectivity index (χ3v) is 3.64. The average Bonchev–Trinajstić information content (AvgIpc) is 2.58. The topological polar surface area (TPSA) is 38.3 Å². The normalized spacial score (nSPS) is 10.1. The fraction of sp³-hybridized carbons (Fsp3) is 0.444. The minimum absolute atomic E-state index is 0.178. The zero-order chi connectivity index (χ0) is 10.4. The van der Waals surface area contributed by atoms with Crippen LogP contribution in [0.15, 0.2) is 15.9 Å². The van der Waals surface area contributed by atoms with E-state index in [1.807, 2.05) is 11.4 Å². The fourth-order valence-electron chi connectivity index (χ4n) is 0.946. The Labute approximate surface area is 95.6 Å². The van der Waals surface area contributed by atoms with Gasteiger partial charge in [-0.25, -0.2) is 0 Å². The highest BCUT2D eigenvalue weighted by Crippen LogP contribution is 2.21. The van der Waals surface area contributed by atoms with Crippen LogP contribution in [-0.2, 0) is 16.1 Å². The van der Waals surface area contributed by atoms with E-state index >= 15 is 0 Å². The van der Waals surface area contributed by atoms with Gasteiger partial charge in [-0.1, -0.05) is 0 Å². The molecule has 0 radical (unpaired) electrons. The monoisotopic (exact) mass is 277 g/mol. The first-order valence-corrected chi connectivity index (χ1v) is 5.90. The highest BCUT2D eigenvalue weighted by atomic mass is 79.9. The van der Waals surface area contributed by atoms with Gasteiger partial charge in [0.2, 0.25) is 0 Å². The summed E-state index contributed by atoms with van der Waals surface area (Å²) in [5, 5.41) is 5.20. The van der Waals surface area contributed by atoms with Crippen LogP contribution in [0.3, 0.4) is 0 Å². The Balaban J connectivity index is 2.16. The highest BCUT2D eigenvalue weighted by molar-refractivity contribution is 9.10. The Hall–Kier alpha value is -0.390. The lowest BCUT2D eigenvalue weighted by atomic mass is 10.4. The van der Waals surface area contributed by atoms with Gasteiger partial charge in [0.1, 0.15) is 0 Å². The van der Waals surface area contributed by atoms with E-state index in [1.165, 1.54) is 12.0 Å². The molecule has 1 rings (SSSR count). The lowest BCUT2D eigenvalue weighted by Gasteiger charge is -2.02. The summed E-state index contributed by atoms with van der Waals surface area (Å²) < 4.78 is 5.64. The summed E-state index contributed by atoms with van der Waals surface area (Å²) in [7, 11) is 1.40. The number of carbonyl (C=O) groups excluding carboxylic acids is 1. The lowest BCUT2D eigenvalue weighted by molar-refractivity contribution is -0.140. The fourth-order valence-corrected chi connectivity index (χ4v) is 2.41. The van der Waals surface area contributed by atoms with Gasteiger partial charge in [-0.2, -0.15) is 0 Å². The Morgan fingerprint density at radius 3 is 3.07 bits per heavy atom. The van der Waals surface area contributed by atoms with Crippen LogP contribution in [0.2, 0.25) is 0 Å². The molecule has 3 nitrogen and oxygen atoms in total. The van der Waals surface area contributed by atoms with Gasteiger partial charge in [-0.15, -0.1) is 11.3 Å².